The zero-order valence-electron chi connectivity index (χ0n) is 10.9. The van der Waals surface area contributed by atoms with Crippen molar-refractivity contribution in [2.24, 2.45) is 0 Å². The Morgan fingerprint density at radius 2 is 1.78 bits per heavy atom. The third-order valence-corrected chi connectivity index (χ3v) is 3.11. The minimum absolute atomic E-state index is 1.02. The molecular weight excluding hydrogens is 220 g/mol. The van der Waals surface area contributed by atoms with Gasteiger partial charge in [-0.25, -0.2) is 0 Å². The van der Waals surface area contributed by atoms with Gasteiger partial charge in [0.05, 0.1) is 0 Å². The molecule has 0 unspecified atom stereocenters. The minimum atomic E-state index is 1.02. The first-order valence-electron chi connectivity index (χ1n) is 6.54. The van der Waals surface area contributed by atoms with Crippen molar-refractivity contribution in [1.29, 1.82) is 0 Å². The van der Waals surface area contributed by atoms with Gasteiger partial charge in [-0.3, -0.25) is 9.88 Å². The van der Waals surface area contributed by atoms with Gasteiger partial charge in [-0.2, -0.15) is 0 Å². The van der Waals surface area contributed by atoms with Crippen LogP contribution >= 0.6 is 0 Å². The van der Waals surface area contributed by atoms with Gasteiger partial charge in [0, 0.05) is 31.4 Å². The summed E-state index contributed by atoms with van der Waals surface area (Å²) in [5, 5.41) is 0. The molecule has 0 aliphatic carbocycles. The maximum Gasteiger partial charge on any atom is 0.0416 e. The van der Waals surface area contributed by atoms with Crippen LogP contribution in [0.3, 0.4) is 0 Å². The molecule has 0 spiro atoms. The van der Waals surface area contributed by atoms with Crippen molar-refractivity contribution in [3.63, 3.8) is 0 Å². The summed E-state index contributed by atoms with van der Waals surface area (Å²) in [4.78, 5) is 6.81. The largest absolute Gasteiger partial charge is 0.299 e. The number of pyridine rings is 1. The highest BCUT2D eigenvalue weighted by Crippen LogP contribution is 2.05. The Morgan fingerprint density at radius 1 is 1.00 bits per heavy atom. The van der Waals surface area contributed by atoms with Crippen molar-refractivity contribution < 1.29 is 0 Å². The standard InChI is InChI=1S/C16H20N2/c1-2-18(14-15-8-4-3-5-9-15)13-11-16-10-6-7-12-17-16/h3-10,12H,2,11,13-14H2,1H3. The van der Waals surface area contributed by atoms with E-state index < -0.39 is 0 Å². The average Bonchev–Trinajstić information content (AvgIpc) is 2.45. The van der Waals surface area contributed by atoms with Gasteiger partial charge in [0.1, 0.15) is 0 Å². The summed E-state index contributed by atoms with van der Waals surface area (Å²) in [7, 11) is 0. The molecule has 0 amide bonds. The molecule has 0 aliphatic rings. The van der Waals surface area contributed by atoms with Gasteiger partial charge in [0.2, 0.25) is 0 Å². The molecule has 2 heteroatoms. The van der Waals surface area contributed by atoms with Crippen molar-refractivity contribution in [2.75, 3.05) is 13.1 Å². The Bertz CT molecular complexity index is 439. The summed E-state index contributed by atoms with van der Waals surface area (Å²) in [6, 6.07) is 16.7. The summed E-state index contributed by atoms with van der Waals surface area (Å²) < 4.78 is 0. The monoisotopic (exact) mass is 240 g/mol. The normalized spacial score (nSPS) is 10.8. The number of nitrogens with zero attached hydrogens (tertiary/aromatic N) is 2. The molecule has 0 saturated heterocycles. The molecule has 0 aliphatic heterocycles. The van der Waals surface area contributed by atoms with Crippen LogP contribution in [-0.4, -0.2) is 23.0 Å². The number of hydrogen-bond acceptors (Lipinski definition) is 2. The van der Waals surface area contributed by atoms with Gasteiger partial charge >= 0.3 is 0 Å². The van der Waals surface area contributed by atoms with Crippen molar-refractivity contribution in [2.45, 2.75) is 19.9 Å². The fourth-order valence-electron chi connectivity index (χ4n) is 2.01. The van der Waals surface area contributed by atoms with Crippen LogP contribution in [0.25, 0.3) is 0 Å². The first-order valence-corrected chi connectivity index (χ1v) is 6.54. The number of likely N-dealkylation sites (N-methyl/N-ethyl adjacent to an activating group) is 1. The molecule has 1 heterocycles. The summed E-state index contributed by atoms with van der Waals surface area (Å²) in [6.07, 6.45) is 2.88. The second-order valence-electron chi connectivity index (χ2n) is 4.43. The molecule has 0 radical (unpaired) electrons. The molecule has 2 nitrogen and oxygen atoms in total. The fourth-order valence-corrected chi connectivity index (χ4v) is 2.01. The van der Waals surface area contributed by atoms with E-state index in [1.165, 1.54) is 11.3 Å². The van der Waals surface area contributed by atoms with E-state index in [1.807, 2.05) is 12.3 Å². The first-order chi connectivity index (χ1) is 8.88. The Kier molecular flexibility index (Phi) is 4.91. The van der Waals surface area contributed by atoms with Gasteiger partial charge in [0.25, 0.3) is 0 Å². The Hall–Kier alpha value is -1.67. The third-order valence-electron chi connectivity index (χ3n) is 3.11. The molecule has 0 bridgehead atoms. The van der Waals surface area contributed by atoms with Crippen molar-refractivity contribution >= 4 is 0 Å². The lowest BCUT2D eigenvalue weighted by Crippen LogP contribution is -2.25. The number of hydrogen-bond donors (Lipinski definition) is 0. The first kappa shape index (κ1) is 12.8. The highest BCUT2D eigenvalue weighted by atomic mass is 15.1. The van der Waals surface area contributed by atoms with Gasteiger partial charge in [-0.05, 0) is 24.2 Å². The number of benzene rings is 1. The average molecular weight is 240 g/mol. The molecule has 18 heavy (non-hydrogen) atoms. The molecule has 0 N–H and O–H groups in total. The van der Waals surface area contributed by atoms with Gasteiger partial charge in [-0.15, -0.1) is 0 Å². The number of aromatic nitrogens is 1. The maximum absolute atomic E-state index is 4.37. The SMILES string of the molecule is CCN(CCc1ccccn1)Cc1ccccc1. The van der Waals surface area contributed by atoms with Crippen LogP contribution in [0.4, 0.5) is 0 Å². The topological polar surface area (TPSA) is 16.1 Å². The second kappa shape index (κ2) is 6.92. The van der Waals surface area contributed by atoms with E-state index in [9.17, 15) is 0 Å². The molecule has 0 atom stereocenters. The van der Waals surface area contributed by atoms with E-state index >= 15 is 0 Å². The van der Waals surface area contributed by atoms with Crippen LogP contribution < -0.4 is 0 Å². The maximum atomic E-state index is 4.37. The van der Waals surface area contributed by atoms with Crippen LogP contribution in [0.5, 0.6) is 0 Å². The Balaban J connectivity index is 1.86. The lowest BCUT2D eigenvalue weighted by molar-refractivity contribution is 0.283. The summed E-state index contributed by atoms with van der Waals surface area (Å²) in [6.45, 7) is 5.36. The predicted octanol–water partition coefficient (Wildman–Crippen LogP) is 3.15. The van der Waals surface area contributed by atoms with E-state index in [4.69, 9.17) is 0 Å². The zero-order valence-corrected chi connectivity index (χ0v) is 10.9. The summed E-state index contributed by atoms with van der Waals surface area (Å²) >= 11 is 0. The molecule has 1 aromatic heterocycles. The van der Waals surface area contributed by atoms with E-state index in [-0.39, 0.29) is 0 Å². The molecular formula is C16H20N2. The van der Waals surface area contributed by atoms with Crippen LogP contribution in [-0.2, 0) is 13.0 Å². The number of rotatable bonds is 6. The highest BCUT2D eigenvalue weighted by molar-refractivity contribution is 5.14. The minimum Gasteiger partial charge on any atom is -0.299 e. The van der Waals surface area contributed by atoms with Crippen LogP contribution in [0.2, 0.25) is 0 Å². The fraction of sp³-hybridized carbons (Fsp3) is 0.312. The van der Waals surface area contributed by atoms with Crippen LogP contribution in [0.1, 0.15) is 18.2 Å². The summed E-state index contributed by atoms with van der Waals surface area (Å²) in [5.74, 6) is 0. The van der Waals surface area contributed by atoms with Crippen molar-refractivity contribution in [3.05, 3.63) is 66.0 Å². The van der Waals surface area contributed by atoms with Gasteiger partial charge < -0.3 is 0 Å². The molecule has 94 valence electrons. The predicted molar refractivity (Wildman–Crippen MR) is 75.3 cm³/mol. The Morgan fingerprint density at radius 3 is 2.44 bits per heavy atom. The molecule has 2 aromatic rings. The van der Waals surface area contributed by atoms with E-state index in [0.29, 0.717) is 0 Å². The molecule has 0 saturated carbocycles. The second-order valence-corrected chi connectivity index (χ2v) is 4.43. The molecule has 2 rings (SSSR count). The smallest absolute Gasteiger partial charge is 0.0416 e. The van der Waals surface area contributed by atoms with E-state index in [0.717, 1.165) is 26.1 Å². The molecule has 0 fully saturated rings. The van der Waals surface area contributed by atoms with Crippen molar-refractivity contribution in [3.8, 4) is 0 Å². The lowest BCUT2D eigenvalue weighted by Gasteiger charge is -2.20. The lowest BCUT2D eigenvalue weighted by atomic mass is 10.2. The Labute approximate surface area is 109 Å². The van der Waals surface area contributed by atoms with Crippen LogP contribution in [0, 0.1) is 0 Å². The van der Waals surface area contributed by atoms with E-state index in [2.05, 4.69) is 59.3 Å². The van der Waals surface area contributed by atoms with Crippen molar-refractivity contribution in [1.82, 2.24) is 9.88 Å². The van der Waals surface area contributed by atoms with Gasteiger partial charge in [-0.1, -0.05) is 43.3 Å². The van der Waals surface area contributed by atoms with Gasteiger partial charge in [0.15, 0.2) is 0 Å². The molecule has 1 aromatic carbocycles. The quantitative estimate of drug-likeness (QED) is 0.771. The summed E-state index contributed by atoms with van der Waals surface area (Å²) in [5.41, 5.74) is 2.55. The zero-order chi connectivity index (χ0) is 12.6. The van der Waals surface area contributed by atoms with Crippen LogP contribution in [0.15, 0.2) is 54.7 Å². The third kappa shape index (κ3) is 3.97. The highest BCUT2D eigenvalue weighted by Gasteiger charge is 2.04. The van der Waals surface area contributed by atoms with E-state index in [1.54, 1.807) is 0 Å².